The van der Waals surface area contributed by atoms with Gasteiger partial charge >= 0.3 is 0 Å². The van der Waals surface area contributed by atoms with Crippen LogP contribution in [0.2, 0.25) is 0 Å². The maximum absolute atomic E-state index is 13.0. The fourth-order valence-electron chi connectivity index (χ4n) is 2.64. The van der Waals surface area contributed by atoms with Crippen molar-refractivity contribution in [3.8, 4) is 0 Å². The normalized spacial score (nSPS) is 15.6. The molecule has 2 heterocycles. The van der Waals surface area contributed by atoms with E-state index in [-0.39, 0.29) is 17.4 Å². The number of piperidine rings is 1. The molecule has 5 nitrogen and oxygen atoms in total. The number of pyridine rings is 1. The minimum atomic E-state index is -0.657. The first kappa shape index (κ1) is 16.4. The van der Waals surface area contributed by atoms with Gasteiger partial charge in [0.15, 0.2) is 0 Å². The van der Waals surface area contributed by atoms with Crippen LogP contribution in [0.5, 0.6) is 0 Å². The van der Waals surface area contributed by atoms with Crippen molar-refractivity contribution in [1.82, 2.24) is 15.2 Å². The van der Waals surface area contributed by atoms with E-state index >= 15 is 0 Å². The Hall–Kier alpha value is -1.98. The van der Waals surface area contributed by atoms with E-state index in [2.05, 4.69) is 10.3 Å². The molecular formula is C16H22FN3O2. The van der Waals surface area contributed by atoms with Crippen LogP contribution in [0.4, 0.5) is 4.39 Å². The highest BCUT2D eigenvalue weighted by atomic mass is 19.1. The largest absolute Gasteiger partial charge is 0.352 e. The van der Waals surface area contributed by atoms with Gasteiger partial charge in [-0.15, -0.1) is 0 Å². The molecule has 2 rings (SSSR count). The molecule has 1 N–H and O–H groups in total. The van der Waals surface area contributed by atoms with Gasteiger partial charge in [0.25, 0.3) is 5.91 Å². The zero-order valence-electron chi connectivity index (χ0n) is 12.8. The molecule has 0 saturated carbocycles. The van der Waals surface area contributed by atoms with Crippen molar-refractivity contribution in [2.45, 2.75) is 32.6 Å². The number of rotatable bonds is 5. The van der Waals surface area contributed by atoms with Gasteiger partial charge in [-0.3, -0.25) is 9.59 Å². The molecular weight excluding hydrogens is 285 g/mol. The Kier molecular flexibility index (Phi) is 5.86. The molecule has 1 aliphatic rings. The number of aromatic nitrogens is 1. The number of nitrogens with zero attached hydrogens (tertiary/aromatic N) is 2. The number of hydrogen-bond donors (Lipinski definition) is 1. The zero-order chi connectivity index (χ0) is 15.9. The second-order valence-electron chi connectivity index (χ2n) is 5.65. The number of nitrogens with one attached hydrogen (secondary N) is 1. The number of hydrogen-bond acceptors (Lipinski definition) is 3. The van der Waals surface area contributed by atoms with Crippen LogP contribution in [0.25, 0.3) is 0 Å². The van der Waals surface area contributed by atoms with Crippen LogP contribution in [0.1, 0.15) is 43.0 Å². The first-order valence-electron chi connectivity index (χ1n) is 7.77. The molecule has 1 saturated heterocycles. The monoisotopic (exact) mass is 307 g/mol. The molecule has 2 amide bonds. The van der Waals surface area contributed by atoms with Gasteiger partial charge in [-0.1, -0.05) is 6.92 Å². The number of halogens is 1. The topological polar surface area (TPSA) is 62.3 Å². The van der Waals surface area contributed by atoms with Gasteiger partial charge < -0.3 is 10.2 Å². The van der Waals surface area contributed by atoms with Crippen molar-refractivity contribution < 1.29 is 14.0 Å². The summed E-state index contributed by atoms with van der Waals surface area (Å²) < 4.78 is 13.0. The lowest BCUT2D eigenvalue weighted by Gasteiger charge is -2.32. The van der Waals surface area contributed by atoms with E-state index in [0.29, 0.717) is 18.9 Å². The predicted octanol–water partition coefficient (Wildman–Crippen LogP) is 1.99. The van der Waals surface area contributed by atoms with Crippen molar-refractivity contribution in [3.05, 3.63) is 29.8 Å². The van der Waals surface area contributed by atoms with Crippen LogP contribution in [-0.4, -0.2) is 41.3 Å². The minimum Gasteiger partial charge on any atom is -0.352 e. The third-order valence-corrected chi connectivity index (χ3v) is 3.97. The molecule has 6 heteroatoms. The van der Waals surface area contributed by atoms with E-state index in [1.165, 1.54) is 12.3 Å². The van der Waals surface area contributed by atoms with Crippen LogP contribution in [0, 0.1) is 11.9 Å². The Morgan fingerprint density at radius 2 is 2.14 bits per heavy atom. The van der Waals surface area contributed by atoms with E-state index in [4.69, 9.17) is 0 Å². The highest BCUT2D eigenvalue weighted by Crippen LogP contribution is 2.17. The Balaban J connectivity index is 1.75. The smallest absolute Gasteiger partial charge is 0.251 e. The fourth-order valence-corrected chi connectivity index (χ4v) is 2.64. The van der Waals surface area contributed by atoms with Gasteiger partial charge in [0.05, 0.1) is 0 Å². The molecule has 0 radical (unpaired) electrons. The third-order valence-electron chi connectivity index (χ3n) is 3.97. The molecule has 0 atom stereocenters. The highest BCUT2D eigenvalue weighted by Gasteiger charge is 2.22. The number of amides is 2. The molecule has 1 aromatic rings. The zero-order valence-corrected chi connectivity index (χ0v) is 12.8. The predicted molar refractivity (Wildman–Crippen MR) is 80.7 cm³/mol. The second kappa shape index (κ2) is 7.87. The lowest BCUT2D eigenvalue weighted by Crippen LogP contribution is -2.41. The van der Waals surface area contributed by atoms with Crippen LogP contribution in [0.15, 0.2) is 18.3 Å². The molecule has 0 unspecified atom stereocenters. The average molecular weight is 307 g/mol. The molecule has 0 aromatic carbocycles. The summed E-state index contributed by atoms with van der Waals surface area (Å²) in [6.45, 7) is 4.06. The van der Waals surface area contributed by atoms with E-state index < -0.39 is 5.95 Å². The van der Waals surface area contributed by atoms with E-state index in [9.17, 15) is 14.0 Å². The van der Waals surface area contributed by atoms with Gasteiger partial charge in [0.2, 0.25) is 11.9 Å². The average Bonchev–Trinajstić information content (AvgIpc) is 2.53. The minimum absolute atomic E-state index is 0.220. The Morgan fingerprint density at radius 1 is 1.41 bits per heavy atom. The Bertz CT molecular complexity index is 528. The van der Waals surface area contributed by atoms with Crippen LogP contribution in [-0.2, 0) is 4.79 Å². The maximum atomic E-state index is 13.0. The Morgan fingerprint density at radius 3 is 2.77 bits per heavy atom. The Labute approximate surface area is 129 Å². The molecule has 0 bridgehead atoms. The summed E-state index contributed by atoms with van der Waals surface area (Å²) in [5.74, 6) is -0.361. The SMILES string of the molecule is CCCC(=O)N1CCC(CNC(=O)c2ccnc(F)c2)CC1. The fraction of sp³-hybridized carbons (Fsp3) is 0.562. The third kappa shape index (κ3) is 4.51. The van der Waals surface area contributed by atoms with Crippen molar-refractivity contribution >= 4 is 11.8 Å². The quantitative estimate of drug-likeness (QED) is 0.846. The van der Waals surface area contributed by atoms with Crippen molar-refractivity contribution in [1.29, 1.82) is 0 Å². The van der Waals surface area contributed by atoms with Crippen LogP contribution < -0.4 is 5.32 Å². The van der Waals surface area contributed by atoms with Crippen molar-refractivity contribution in [2.75, 3.05) is 19.6 Å². The highest BCUT2D eigenvalue weighted by molar-refractivity contribution is 5.93. The first-order chi connectivity index (χ1) is 10.6. The van der Waals surface area contributed by atoms with Crippen LogP contribution in [0.3, 0.4) is 0 Å². The first-order valence-corrected chi connectivity index (χ1v) is 7.77. The summed E-state index contributed by atoms with van der Waals surface area (Å²) in [6, 6.07) is 2.62. The molecule has 120 valence electrons. The summed E-state index contributed by atoms with van der Waals surface area (Å²) in [5.41, 5.74) is 0.281. The molecule has 22 heavy (non-hydrogen) atoms. The molecule has 0 spiro atoms. The van der Waals surface area contributed by atoms with Gasteiger partial charge in [-0.25, -0.2) is 4.98 Å². The molecule has 0 aliphatic carbocycles. The van der Waals surface area contributed by atoms with Crippen molar-refractivity contribution in [3.63, 3.8) is 0 Å². The second-order valence-corrected chi connectivity index (χ2v) is 5.65. The summed E-state index contributed by atoms with van der Waals surface area (Å²) in [6.07, 6.45) is 4.54. The summed E-state index contributed by atoms with van der Waals surface area (Å²) in [5, 5.41) is 2.83. The van der Waals surface area contributed by atoms with Crippen molar-refractivity contribution in [2.24, 2.45) is 5.92 Å². The van der Waals surface area contributed by atoms with Crippen LogP contribution >= 0.6 is 0 Å². The molecule has 1 aliphatic heterocycles. The van der Waals surface area contributed by atoms with Gasteiger partial charge in [-0.05, 0) is 31.2 Å². The van der Waals surface area contributed by atoms with Gasteiger partial charge in [-0.2, -0.15) is 4.39 Å². The standard InChI is InChI=1S/C16H22FN3O2/c1-2-3-15(21)20-8-5-12(6-9-20)11-19-16(22)13-4-7-18-14(17)10-13/h4,7,10,12H,2-3,5-6,8-9,11H2,1H3,(H,19,22). The lowest BCUT2D eigenvalue weighted by molar-refractivity contribution is -0.132. The summed E-state index contributed by atoms with van der Waals surface area (Å²) in [7, 11) is 0. The number of carbonyl (C=O) groups is 2. The summed E-state index contributed by atoms with van der Waals surface area (Å²) in [4.78, 5) is 29.1. The molecule has 1 aromatic heterocycles. The number of likely N-dealkylation sites (tertiary alicyclic amines) is 1. The molecule has 1 fully saturated rings. The van der Waals surface area contributed by atoms with E-state index in [1.807, 2.05) is 11.8 Å². The van der Waals surface area contributed by atoms with E-state index in [0.717, 1.165) is 38.4 Å². The van der Waals surface area contributed by atoms with Gasteiger partial charge in [0, 0.05) is 43.9 Å². The van der Waals surface area contributed by atoms with Gasteiger partial charge in [0.1, 0.15) is 0 Å². The number of carbonyl (C=O) groups excluding carboxylic acids is 2. The maximum Gasteiger partial charge on any atom is 0.251 e. The lowest BCUT2D eigenvalue weighted by atomic mass is 9.96. The summed E-state index contributed by atoms with van der Waals surface area (Å²) >= 11 is 0. The van der Waals surface area contributed by atoms with E-state index in [1.54, 1.807) is 0 Å².